The van der Waals surface area contributed by atoms with Gasteiger partial charge in [-0.1, -0.05) is 25.8 Å². The van der Waals surface area contributed by atoms with Crippen molar-refractivity contribution < 1.29 is 0 Å². The summed E-state index contributed by atoms with van der Waals surface area (Å²) >= 11 is 0. The summed E-state index contributed by atoms with van der Waals surface area (Å²) in [5, 5.41) is 3.44. The molecule has 1 N–H and O–H groups in total. The molecule has 2 heteroatoms. The monoisotopic (exact) mass is 286 g/mol. The summed E-state index contributed by atoms with van der Waals surface area (Å²) in [6.45, 7) is 7.72. The lowest BCUT2D eigenvalue weighted by Gasteiger charge is -2.45. The highest BCUT2D eigenvalue weighted by atomic mass is 15.2. The lowest BCUT2D eigenvalue weighted by Crippen LogP contribution is -2.46. The summed E-state index contributed by atoms with van der Waals surface area (Å²) < 4.78 is 0. The molecule has 2 fully saturated rings. The SMILES string of the molecule is CCNCc1ccc(N2CCC[C@H]3CCCC[C@H]32)cc1C. The molecule has 1 saturated heterocycles. The summed E-state index contributed by atoms with van der Waals surface area (Å²) in [6, 6.07) is 7.92. The number of aryl methyl sites for hydroxylation is 1. The Hall–Kier alpha value is -1.02. The van der Waals surface area contributed by atoms with Crippen molar-refractivity contribution in [2.24, 2.45) is 5.92 Å². The van der Waals surface area contributed by atoms with Gasteiger partial charge < -0.3 is 10.2 Å². The third-order valence-electron chi connectivity index (χ3n) is 5.47. The lowest BCUT2D eigenvalue weighted by molar-refractivity contribution is 0.244. The standard InChI is InChI=1S/C19H30N2/c1-3-20-14-17-10-11-18(13-15(17)2)21-12-6-8-16-7-4-5-9-19(16)21/h10-11,13,16,19-20H,3-9,12,14H2,1-2H3/t16-,19-/m1/s1. The van der Waals surface area contributed by atoms with E-state index in [0.29, 0.717) is 0 Å². The highest BCUT2D eigenvalue weighted by Crippen LogP contribution is 2.38. The normalized spacial score (nSPS) is 25.7. The minimum Gasteiger partial charge on any atom is -0.368 e. The van der Waals surface area contributed by atoms with Crippen LogP contribution in [-0.2, 0) is 6.54 Å². The molecule has 1 aliphatic carbocycles. The van der Waals surface area contributed by atoms with Crippen LogP contribution in [0.4, 0.5) is 5.69 Å². The minimum absolute atomic E-state index is 0.812. The van der Waals surface area contributed by atoms with Gasteiger partial charge in [0.05, 0.1) is 0 Å². The maximum Gasteiger partial charge on any atom is 0.0371 e. The third kappa shape index (κ3) is 3.26. The fourth-order valence-electron chi connectivity index (χ4n) is 4.26. The first-order valence-corrected chi connectivity index (χ1v) is 8.86. The molecule has 1 saturated carbocycles. The molecule has 0 bridgehead atoms. The summed E-state index contributed by atoms with van der Waals surface area (Å²) in [6.07, 6.45) is 8.57. The van der Waals surface area contributed by atoms with Gasteiger partial charge in [0.25, 0.3) is 0 Å². The van der Waals surface area contributed by atoms with Gasteiger partial charge in [-0.05, 0) is 68.3 Å². The van der Waals surface area contributed by atoms with Crippen molar-refractivity contribution in [3.63, 3.8) is 0 Å². The molecule has 0 aromatic heterocycles. The van der Waals surface area contributed by atoms with E-state index in [0.717, 1.165) is 25.0 Å². The molecule has 0 radical (unpaired) electrons. The van der Waals surface area contributed by atoms with Gasteiger partial charge in [0.15, 0.2) is 0 Å². The van der Waals surface area contributed by atoms with Crippen LogP contribution in [0.15, 0.2) is 18.2 Å². The van der Waals surface area contributed by atoms with E-state index in [1.54, 1.807) is 0 Å². The predicted molar refractivity (Wildman–Crippen MR) is 90.9 cm³/mol. The van der Waals surface area contributed by atoms with Crippen molar-refractivity contribution in [1.82, 2.24) is 5.32 Å². The Morgan fingerprint density at radius 2 is 1.95 bits per heavy atom. The number of piperidine rings is 1. The number of fused-ring (bicyclic) bond motifs is 1. The number of rotatable bonds is 4. The van der Waals surface area contributed by atoms with Crippen LogP contribution in [0.2, 0.25) is 0 Å². The van der Waals surface area contributed by atoms with Gasteiger partial charge in [0, 0.05) is 24.8 Å². The summed E-state index contributed by atoms with van der Waals surface area (Å²) in [7, 11) is 0. The maximum absolute atomic E-state index is 3.44. The van der Waals surface area contributed by atoms with Gasteiger partial charge in [-0.15, -0.1) is 0 Å². The van der Waals surface area contributed by atoms with Crippen LogP contribution < -0.4 is 10.2 Å². The number of anilines is 1. The van der Waals surface area contributed by atoms with E-state index < -0.39 is 0 Å². The first-order chi connectivity index (χ1) is 10.3. The van der Waals surface area contributed by atoms with Crippen molar-refractivity contribution in [3.8, 4) is 0 Å². The van der Waals surface area contributed by atoms with Gasteiger partial charge in [-0.25, -0.2) is 0 Å². The molecular formula is C19H30N2. The van der Waals surface area contributed by atoms with Crippen molar-refractivity contribution in [2.75, 3.05) is 18.0 Å². The van der Waals surface area contributed by atoms with Gasteiger partial charge in [-0.3, -0.25) is 0 Å². The molecular weight excluding hydrogens is 256 g/mol. The second-order valence-electron chi connectivity index (χ2n) is 6.84. The Morgan fingerprint density at radius 1 is 1.14 bits per heavy atom. The molecule has 2 nitrogen and oxygen atoms in total. The molecule has 1 aliphatic heterocycles. The quantitative estimate of drug-likeness (QED) is 0.889. The molecule has 1 aromatic carbocycles. The van der Waals surface area contributed by atoms with Gasteiger partial charge in [0.2, 0.25) is 0 Å². The van der Waals surface area contributed by atoms with Crippen molar-refractivity contribution in [2.45, 2.75) is 65.0 Å². The zero-order chi connectivity index (χ0) is 14.7. The lowest BCUT2D eigenvalue weighted by atomic mass is 9.78. The molecule has 1 aromatic rings. The zero-order valence-electron chi connectivity index (χ0n) is 13.7. The van der Waals surface area contributed by atoms with Crippen LogP contribution in [0, 0.1) is 12.8 Å². The largest absolute Gasteiger partial charge is 0.368 e. The van der Waals surface area contributed by atoms with E-state index in [1.165, 1.54) is 61.9 Å². The number of benzene rings is 1. The van der Waals surface area contributed by atoms with Gasteiger partial charge in [0.1, 0.15) is 0 Å². The van der Waals surface area contributed by atoms with E-state index in [-0.39, 0.29) is 0 Å². The van der Waals surface area contributed by atoms with E-state index in [4.69, 9.17) is 0 Å². The van der Waals surface area contributed by atoms with Crippen LogP contribution in [0.3, 0.4) is 0 Å². The second kappa shape index (κ2) is 6.83. The van der Waals surface area contributed by atoms with Crippen LogP contribution >= 0.6 is 0 Å². The van der Waals surface area contributed by atoms with E-state index in [1.807, 2.05) is 0 Å². The number of nitrogens with one attached hydrogen (secondary N) is 1. The van der Waals surface area contributed by atoms with E-state index >= 15 is 0 Å². The summed E-state index contributed by atoms with van der Waals surface area (Å²) in [5.41, 5.74) is 4.34. The van der Waals surface area contributed by atoms with Crippen LogP contribution in [0.1, 0.15) is 56.6 Å². The Labute approximate surface area is 129 Å². The number of hydrogen-bond donors (Lipinski definition) is 1. The molecule has 21 heavy (non-hydrogen) atoms. The fraction of sp³-hybridized carbons (Fsp3) is 0.684. The topological polar surface area (TPSA) is 15.3 Å². The smallest absolute Gasteiger partial charge is 0.0371 e. The van der Waals surface area contributed by atoms with E-state index in [9.17, 15) is 0 Å². The maximum atomic E-state index is 3.44. The summed E-state index contributed by atoms with van der Waals surface area (Å²) in [4.78, 5) is 2.72. The molecule has 0 spiro atoms. The first-order valence-electron chi connectivity index (χ1n) is 8.86. The Kier molecular flexibility index (Phi) is 4.84. The average Bonchev–Trinajstić information content (AvgIpc) is 2.53. The minimum atomic E-state index is 0.812. The highest BCUT2D eigenvalue weighted by Gasteiger charge is 2.33. The van der Waals surface area contributed by atoms with Crippen molar-refractivity contribution in [3.05, 3.63) is 29.3 Å². The predicted octanol–water partition coefficient (Wildman–Crippen LogP) is 4.26. The summed E-state index contributed by atoms with van der Waals surface area (Å²) in [5.74, 6) is 0.953. The molecule has 0 unspecified atom stereocenters. The fourth-order valence-corrected chi connectivity index (χ4v) is 4.26. The van der Waals surface area contributed by atoms with E-state index in [2.05, 4.69) is 42.3 Å². The Bertz CT molecular complexity index is 467. The van der Waals surface area contributed by atoms with Crippen molar-refractivity contribution in [1.29, 1.82) is 0 Å². The third-order valence-corrected chi connectivity index (χ3v) is 5.47. The van der Waals surface area contributed by atoms with Crippen LogP contribution in [0.5, 0.6) is 0 Å². The molecule has 116 valence electrons. The Morgan fingerprint density at radius 3 is 2.76 bits per heavy atom. The number of nitrogens with zero attached hydrogens (tertiary/aromatic N) is 1. The van der Waals surface area contributed by atoms with Crippen LogP contribution in [-0.4, -0.2) is 19.1 Å². The molecule has 0 amide bonds. The van der Waals surface area contributed by atoms with Gasteiger partial charge in [-0.2, -0.15) is 0 Å². The average molecular weight is 286 g/mol. The number of hydrogen-bond acceptors (Lipinski definition) is 2. The molecule has 1 heterocycles. The molecule has 3 rings (SSSR count). The van der Waals surface area contributed by atoms with Crippen molar-refractivity contribution >= 4 is 5.69 Å². The molecule has 2 aliphatic rings. The second-order valence-corrected chi connectivity index (χ2v) is 6.84. The van der Waals surface area contributed by atoms with Gasteiger partial charge >= 0.3 is 0 Å². The highest BCUT2D eigenvalue weighted by molar-refractivity contribution is 5.52. The molecule has 2 atom stereocenters. The van der Waals surface area contributed by atoms with Crippen LogP contribution in [0.25, 0.3) is 0 Å². The zero-order valence-corrected chi connectivity index (χ0v) is 13.7. The Balaban J connectivity index is 1.77. The first kappa shape index (κ1) is 14.9.